The average Bonchev–Trinajstić information content (AvgIpc) is 2.95. The van der Waals surface area contributed by atoms with E-state index in [4.69, 9.17) is 0 Å². The Kier molecular flexibility index (Phi) is 10.9. The van der Waals surface area contributed by atoms with Gasteiger partial charge in [-0.3, -0.25) is 4.79 Å². The fourth-order valence-corrected chi connectivity index (χ4v) is 4.10. The fraction of sp³-hybridized carbons (Fsp3) is 0.640. The van der Waals surface area contributed by atoms with Gasteiger partial charge in [-0.15, -0.1) is 0 Å². The van der Waals surface area contributed by atoms with E-state index in [0.29, 0.717) is 31.3 Å². The number of amides is 1. The molecule has 1 heterocycles. The summed E-state index contributed by atoms with van der Waals surface area (Å²) in [6.07, 6.45) is 7.06. The maximum absolute atomic E-state index is 12.3. The molecule has 1 aliphatic rings. The second-order valence-corrected chi connectivity index (χ2v) is 8.57. The lowest BCUT2D eigenvalue weighted by molar-refractivity contribution is -0.129. The number of carbonyl (C=O) groups is 1. The standard InChI is InChI=1S/C25H43N3O/c1-9-23(10-2)24-16-21(6)28(22(24)7)15-13-11-12-14-25(29)27(8)18-20(5)26-17-19(3)4/h23-24,26H,3,5-7,9-18H2,1-2,4,8H3. The molecule has 29 heavy (non-hydrogen) atoms. The van der Waals surface area contributed by atoms with Gasteiger partial charge < -0.3 is 15.1 Å². The van der Waals surface area contributed by atoms with Crippen molar-refractivity contribution in [3.63, 3.8) is 0 Å². The molecule has 0 bridgehead atoms. The summed E-state index contributed by atoms with van der Waals surface area (Å²) >= 11 is 0. The molecule has 1 aliphatic heterocycles. The minimum atomic E-state index is 0.173. The lowest BCUT2D eigenvalue weighted by Gasteiger charge is -2.25. The van der Waals surface area contributed by atoms with Gasteiger partial charge in [-0.25, -0.2) is 0 Å². The lowest BCUT2D eigenvalue weighted by atomic mass is 9.85. The SMILES string of the molecule is C=C(C)CNC(=C)CN(C)C(=O)CCCCCN1C(=C)CC(C(CC)CC)C1=C. The van der Waals surface area contributed by atoms with E-state index in [2.05, 4.69) is 50.4 Å². The van der Waals surface area contributed by atoms with Gasteiger partial charge in [0.2, 0.25) is 5.91 Å². The second-order valence-electron chi connectivity index (χ2n) is 8.57. The Balaban J connectivity index is 2.28. The van der Waals surface area contributed by atoms with Gasteiger partial charge in [0.05, 0.1) is 6.54 Å². The summed E-state index contributed by atoms with van der Waals surface area (Å²) in [6.45, 7) is 25.2. The van der Waals surface area contributed by atoms with E-state index in [-0.39, 0.29) is 5.91 Å². The van der Waals surface area contributed by atoms with Gasteiger partial charge >= 0.3 is 0 Å². The quantitative estimate of drug-likeness (QED) is 0.310. The first kappa shape index (κ1) is 25.1. The van der Waals surface area contributed by atoms with Crippen molar-refractivity contribution in [1.29, 1.82) is 0 Å². The third-order valence-corrected chi connectivity index (χ3v) is 6.00. The van der Waals surface area contributed by atoms with Crippen LogP contribution in [0, 0.1) is 11.8 Å². The van der Waals surface area contributed by atoms with Crippen molar-refractivity contribution in [1.82, 2.24) is 15.1 Å². The molecule has 0 aliphatic carbocycles. The molecule has 0 aromatic heterocycles. The van der Waals surface area contributed by atoms with Crippen LogP contribution < -0.4 is 5.32 Å². The summed E-state index contributed by atoms with van der Waals surface area (Å²) < 4.78 is 0. The molecule has 1 saturated heterocycles. The molecule has 0 spiro atoms. The monoisotopic (exact) mass is 401 g/mol. The first-order valence-corrected chi connectivity index (χ1v) is 11.1. The highest BCUT2D eigenvalue weighted by molar-refractivity contribution is 5.76. The molecule has 1 fully saturated rings. The van der Waals surface area contributed by atoms with Crippen LogP contribution in [0.1, 0.15) is 65.7 Å². The summed E-state index contributed by atoms with van der Waals surface area (Å²) in [5, 5.41) is 3.19. The van der Waals surface area contributed by atoms with Crippen molar-refractivity contribution in [3.8, 4) is 0 Å². The number of likely N-dealkylation sites (N-methyl/N-ethyl adjacent to an activating group) is 1. The van der Waals surface area contributed by atoms with E-state index in [9.17, 15) is 4.79 Å². The number of rotatable bonds is 14. The number of unbranched alkanes of at least 4 members (excludes halogenated alkanes) is 2. The van der Waals surface area contributed by atoms with E-state index in [0.717, 1.165) is 43.5 Å². The summed E-state index contributed by atoms with van der Waals surface area (Å²) in [6, 6.07) is 0. The predicted molar refractivity (Wildman–Crippen MR) is 125 cm³/mol. The maximum Gasteiger partial charge on any atom is 0.222 e. The van der Waals surface area contributed by atoms with Gasteiger partial charge in [0.25, 0.3) is 0 Å². The van der Waals surface area contributed by atoms with Gasteiger partial charge in [0.15, 0.2) is 0 Å². The van der Waals surface area contributed by atoms with Gasteiger partial charge in [0, 0.05) is 49.6 Å². The van der Waals surface area contributed by atoms with Crippen molar-refractivity contribution in [2.75, 3.05) is 26.7 Å². The molecule has 1 amide bonds. The number of hydrogen-bond acceptors (Lipinski definition) is 3. The van der Waals surface area contributed by atoms with Crippen LogP contribution in [0.2, 0.25) is 0 Å². The Bertz CT molecular complexity index is 603. The maximum atomic E-state index is 12.3. The summed E-state index contributed by atoms with van der Waals surface area (Å²) in [5.74, 6) is 1.43. The van der Waals surface area contributed by atoms with E-state index in [1.54, 1.807) is 4.90 Å². The Morgan fingerprint density at radius 3 is 2.45 bits per heavy atom. The highest BCUT2D eigenvalue weighted by Crippen LogP contribution is 2.41. The smallest absolute Gasteiger partial charge is 0.222 e. The third-order valence-electron chi connectivity index (χ3n) is 6.00. The number of carbonyl (C=O) groups excluding carboxylic acids is 1. The van der Waals surface area contributed by atoms with Gasteiger partial charge in [-0.05, 0) is 32.1 Å². The molecular formula is C25H43N3O. The number of likely N-dealkylation sites (tertiary alicyclic amines) is 1. The van der Waals surface area contributed by atoms with Crippen LogP contribution in [0.4, 0.5) is 0 Å². The Morgan fingerprint density at radius 2 is 1.86 bits per heavy atom. The minimum Gasteiger partial charge on any atom is -0.384 e. The molecular weight excluding hydrogens is 358 g/mol. The van der Waals surface area contributed by atoms with E-state index < -0.39 is 0 Å². The first-order valence-electron chi connectivity index (χ1n) is 11.1. The molecule has 0 aromatic rings. The van der Waals surface area contributed by atoms with Crippen LogP contribution >= 0.6 is 0 Å². The zero-order valence-corrected chi connectivity index (χ0v) is 19.4. The van der Waals surface area contributed by atoms with E-state index in [1.165, 1.54) is 24.2 Å². The number of nitrogens with one attached hydrogen (secondary N) is 1. The predicted octanol–water partition coefficient (Wildman–Crippen LogP) is 5.47. The molecule has 1 rings (SSSR count). The van der Waals surface area contributed by atoms with Crippen LogP contribution in [0.25, 0.3) is 0 Å². The van der Waals surface area contributed by atoms with Gasteiger partial charge in [-0.2, -0.15) is 0 Å². The second kappa shape index (κ2) is 12.6. The largest absolute Gasteiger partial charge is 0.384 e. The number of hydrogen-bond donors (Lipinski definition) is 1. The summed E-state index contributed by atoms with van der Waals surface area (Å²) in [7, 11) is 1.84. The first-order chi connectivity index (χ1) is 13.7. The Hall–Kier alpha value is -1.97. The highest BCUT2D eigenvalue weighted by atomic mass is 16.2. The molecule has 4 nitrogen and oxygen atoms in total. The molecule has 1 atom stereocenters. The lowest BCUT2D eigenvalue weighted by Crippen LogP contribution is -2.32. The summed E-state index contributed by atoms with van der Waals surface area (Å²) in [5.41, 5.74) is 4.36. The minimum absolute atomic E-state index is 0.173. The van der Waals surface area contributed by atoms with Crippen molar-refractivity contribution in [2.45, 2.75) is 65.7 Å². The molecule has 0 saturated carbocycles. The topological polar surface area (TPSA) is 35.6 Å². The zero-order valence-electron chi connectivity index (χ0n) is 19.4. The average molecular weight is 402 g/mol. The molecule has 1 unspecified atom stereocenters. The Labute approximate surface area is 179 Å². The number of allylic oxidation sites excluding steroid dienone is 2. The van der Waals surface area contributed by atoms with Crippen molar-refractivity contribution < 1.29 is 4.79 Å². The highest BCUT2D eigenvalue weighted by Gasteiger charge is 2.33. The van der Waals surface area contributed by atoms with Crippen molar-refractivity contribution in [3.05, 3.63) is 49.0 Å². The van der Waals surface area contributed by atoms with E-state index >= 15 is 0 Å². The number of nitrogens with zero attached hydrogens (tertiary/aromatic N) is 2. The van der Waals surface area contributed by atoms with Gasteiger partial charge in [-0.1, -0.05) is 65.0 Å². The van der Waals surface area contributed by atoms with E-state index in [1.807, 2.05) is 14.0 Å². The van der Waals surface area contributed by atoms with Crippen LogP contribution in [0.15, 0.2) is 49.0 Å². The zero-order chi connectivity index (χ0) is 22.0. The fourth-order valence-electron chi connectivity index (χ4n) is 4.10. The normalized spacial score (nSPS) is 16.4. The third kappa shape index (κ3) is 8.12. The Morgan fingerprint density at radius 1 is 1.21 bits per heavy atom. The van der Waals surface area contributed by atoms with Crippen molar-refractivity contribution in [2.24, 2.45) is 11.8 Å². The molecule has 0 aromatic carbocycles. The van der Waals surface area contributed by atoms with Crippen molar-refractivity contribution >= 4 is 5.91 Å². The molecule has 4 heteroatoms. The van der Waals surface area contributed by atoms with Crippen LogP contribution in [0.3, 0.4) is 0 Å². The molecule has 164 valence electrons. The van der Waals surface area contributed by atoms with Crippen LogP contribution in [-0.2, 0) is 4.79 Å². The van der Waals surface area contributed by atoms with Gasteiger partial charge in [0.1, 0.15) is 0 Å². The molecule has 0 radical (unpaired) electrons. The summed E-state index contributed by atoms with van der Waals surface area (Å²) in [4.78, 5) is 16.4. The molecule has 1 N–H and O–H groups in total. The van der Waals surface area contributed by atoms with Crippen LogP contribution in [0.5, 0.6) is 0 Å². The van der Waals surface area contributed by atoms with Crippen LogP contribution in [-0.4, -0.2) is 42.4 Å².